The number of sulfonamides is 1. The van der Waals surface area contributed by atoms with Crippen molar-refractivity contribution in [1.29, 1.82) is 0 Å². The summed E-state index contributed by atoms with van der Waals surface area (Å²) in [5, 5.41) is 0. The first kappa shape index (κ1) is 15.3. The quantitative estimate of drug-likeness (QED) is 0.923. The fourth-order valence-corrected chi connectivity index (χ4v) is 4.45. The number of halogens is 2. The molecule has 0 amide bonds. The van der Waals surface area contributed by atoms with Crippen LogP contribution in [0.5, 0.6) is 0 Å². The van der Waals surface area contributed by atoms with E-state index in [0.29, 0.717) is 25.8 Å². The van der Waals surface area contributed by atoms with Crippen molar-refractivity contribution in [1.82, 2.24) is 4.31 Å². The van der Waals surface area contributed by atoms with E-state index in [4.69, 9.17) is 5.73 Å². The lowest BCUT2D eigenvalue weighted by Crippen LogP contribution is -2.45. The molecule has 1 aliphatic heterocycles. The van der Waals surface area contributed by atoms with Crippen LogP contribution in [-0.2, 0) is 10.0 Å². The lowest BCUT2D eigenvalue weighted by Gasteiger charge is -2.34. The van der Waals surface area contributed by atoms with Crippen LogP contribution in [0.15, 0.2) is 23.1 Å². The maximum atomic E-state index is 13.7. The Morgan fingerprint density at radius 3 is 2.50 bits per heavy atom. The van der Waals surface area contributed by atoms with Crippen molar-refractivity contribution < 1.29 is 17.2 Å². The predicted molar refractivity (Wildman–Crippen MR) is 71.6 cm³/mol. The molecule has 4 nitrogen and oxygen atoms in total. The Bertz CT molecular complexity index is 555. The summed E-state index contributed by atoms with van der Waals surface area (Å²) in [7, 11) is -4.17. The summed E-state index contributed by atoms with van der Waals surface area (Å²) in [6, 6.07) is 2.78. The van der Waals surface area contributed by atoms with Crippen molar-refractivity contribution in [3.05, 3.63) is 29.8 Å². The Labute approximate surface area is 117 Å². The fraction of sp³-hybridized carbons (Fsp3) is 0.538. The topological polar surface area (TPSA) is 63.4 Å². The third kappa shape index (κ3) is 2.84. The van der Waals surface area contributed by atoms with Crippen LogP contribution < -0.4 is 5.73 Å². The fourth-order valence-electron chi connectivity index (χ4n) is 2.62. The predicted octanol–water partition coefficient (Wildman–Crippen LogP) is 1.86. The van der Waals surface area contributed by atoms with Crippen molar-refractivity contribution in [2.45, 2.75) is 36.6 Å². The van der Waals surface area contributed by atoms with E-state index in [0.717, 1.165) is 24.6 Å². The maximum Gasteiger partial charge on any atom is 0.249 e. The minimum atomic E-state index is -4.17. The molecule has 112 valence electrons. The van der Waals surface area contributed by atoms with E-state index in [9.17, 15) is 17.2 Å². The Hall–Kier alpha value is -1.05. The van der Waals surface area contributed by atoms with E-state index in [1.165, 1.54) is 4.31 Å². The van der Waals surface area contributed by atoms with Crippen molar-refractivity contribution >= 4 is 10.0 Å². The van der Waals surface area contributed by atoms with Gasteiger partial charge in [0.25, 0.3) is 0 Å². The van der Waals surface area contributed by atoms with Gasteiger partial charge >= 0.3 is 0 Å². The second-order valence-electron chi connectivity index (χ2n) is 4.89. The molecular weight excluding hydrogens is 286 g/mol. The molecule has 1 atom stereocenters. The Kier molecular flexibility index (Phi) is 4.72. The van der Waals surface area contributed by atoms with Crippen LogP contribution in [-0.4, -0.2) is 31.9 Å². The summed E-state index contributed by atoms with van der Waals surface area (Å²) in [6.07, 6.45) is 2.76. The van der Waals surface area contributed by atoms with Crippen LogP contribution in [0, 0.1) is 11.6 Å². The highest BCUT2D eigenvalue weighted by Crippen LogP contribution is 2.29. The van der Waals surface area contributed by atoms with E-state index in [2.05, 4.69) is 0 Å². The van der Waals surface area contributed by atoms with Crippen LogP contribution in [0.25, 0.3) is 0 Å². The van der Waals surface area contributed by atoms with E-state index < -0.39 is 26.6 Å². The van der Waals surface area contributed by atoms with Crippen molar-refractivity contribution in [3.63, 3.8) is 0 Å². The van der Waals surface area contributed by atoms with E-state index in [-0.39, 0.29) is 12.6 Å². The van der Waals surface area contributed by atoms with Gasteiger partial charge in [0.2, 0.25) is 10.0 Å². The zero-order valence-electron chi connectivity index (χ0n) is 11.1. The van der Waals surface area contributed by atoms with E-state index in [1.54, 1.807) is 0 Å². The first-order chi connectivity index (χ1) is 9.48. The zero-order valence-corrected chi connectivity index (χ0v) is 11.9. The van der Waals surface area contributed by atoms with Gasteiger partial charge in [0.15, 0.2) is 4.90 Å². The first-order valence-electron chi connectivity index (χ1n) is 6.64. The first-order valence-corrected chi connectivity index (χ1v) is 8.08. The molecule has 0 spiro atoms. The largest absolute Gasteiger partial charge is 0.330 e. The highest BCUT2D eigenvalue weighted by atomic mass is 32.2. The Morgan fingerprint density at radius 2 is 1.90 bits per heavy atom. The van der Waals surface area contributed by atoms with Crippen LogP contribution in [0.1, 0.15) is 25.7 Å². The van der Waals surface area contributed by atoms with Gasteiger partial charge in [-0.05, 0) is 37.9 Å². The van der Waals surface area contributed by atoms with E-state index >= 15 is 0 Å². The van der Waals surface area contributed by atoms with E-state index in [1.807, 2.05) is 0 Å². The molecular formula is C13H18F2N2O2S. The molecule has 2 rings (SSSR count). The average molecular weight is 304 g/mol. The summed E-state index contributed by atoms with van der Waals surface area (Å²) < 4.78 is 53.7. The number of benzene rings is 1. The zero-order chi connectivity index (χ0) is 14.8. The second-order valence-corrected chi connectivity index (χ2v) is 6.72. The van der Waals surface area contributed by atoms with Gasteiger partial charge in [0.05, 0.1) is 0 Å². The molecule has 0 bridgehead atoms. The normalized spacial score (nSPS) is 21.1. The molecule has 0 saturated carbocycles. The molecule has 1 aromatic rings. The summed E-state index contributed by atoms with van der Waals surface area (Å²) in [6.45, 7) is 0.622. The Balaban J connectivity index is 2.42. The average Bonchev–Trinajstić information content (AvgIpc) is 2.39. The molecule has 0 aliphatic carbocycles. The van der Waals surface area contributed by atoms with Crippen LogP contribution in [0.3, 0.4) is 0 Å². The lowest BCUT2D eigenvalue weighted by atomic mass is 10.0. The molecule has 7 heteroatoms. The molecule has 1 aliphatic rings. The molecule has 0 radical (unpaired) electrons. The summed E-state index contributed by atoms with van der Waals surface area (Å²) >= 11 is 0. The molecule has 0 aromatic heterocycles. The molecule has 2 N–H and O–H groups in total. The molecule has 1 heterocycles. The smallest absolute Gasteiger partial charge is 0.249 e. The molecule has 1 aromatic carbocycles. The van der Waals surface area contributed by atoms with Crippen LogP contribution in [0.4, 0.5) is 8.78 Å². The number of hydrogen-bond donors (Lipinski definition) is 1. The summed E-state index contributed by atoms with van der Waals surface area (Å²) in [5.74, 6) is -2.11. The van der Waals surface area contributed by atoms with Crippen molar-refractivity contribution in [2.75, 3.05) is 13.1 Å². The number of nitrogens with two attached hydrogens (primary N) is 1. The lowest BCUT2D eigenvalue weighted by molar-refractivity contribution is 0.241. The van der Waals surface area contributed by atoms with Gasteiger partial charge in [0.1, 0.15) is 11.6 Å². The molecule has 1 unspecified atom stereocenters. The highest BCUT2D eigenvalue weighted by molar-refractivity contribution is 7.89. The Morgan fingerprint density at radius 1 is 1.25 bits per heavy atom. The van der Waals surface area contributed by atoms with Gasteiger partial charge in [0, 0.05) is 12.6 Å². The summed E-state index contributed by atoms with van der Waals surface area (Å²) in [5.41, 5.74) is 5.49. The number of piperidine rings is 1. The number of hydrogen-bond acceptors (Lipinski definition) is 3. The molecule has 20 heavy (non-hydrogen) atoms. The maximum absolute atomic E-state index is 13.7. The van der Waals surface area contributed by atoms with Gasteiger partial charge in [-0.15, -0.1) is 0 Å². The number of rotatable bonds is 4. The second kappa shape index (κ2) is 6.15. The minimum absolute atomic E-state index is 0.279. The third-order valence-electron chi connectivity index (χ3n) is 3.56. The number of nitrogens with zero attached hydrogens (tertiary/aromatic N) is 1. The van der Waals surface area contributed by atoms with Crippen molar-refractivity contribution in [3.8, 4) is 0 Å². The monoisotopic (exact) mass is 304 g/mol. The SMILES string of the molecule is NCCC1CCCCN1S(=O)(=O)c1c(F)cccc1F. The van der Waals surface area contributed by atoms with Crippen molar-refractivity contribution in [2.24, 2.45) is 5.73 Å². The molecule has 1 saturated heterocycles. The standard InChI is InChI=1S/C13H18F2N2O2S/c14-11-5-3-6-12(15)13(11)20(18,19)17-9-2-1-4-10(17)7-8-16/h3,5-6,10H,1-2,4,7-9,16H2. The van der Waals surface area contributed by atoms with Crippen LogP contribution in [0.2, 0.25) is 0 Å². The molecule has 1 fully saturated rings. The van der Waals surface area contributed by atoms with Gasteiger partial charge in [-0.25, -0.2) is 17.2 Å². The van der Waals surface area contributed by atoms with Gasteiger partial charge in [-0.2, -0.15) is 4.31 Å². The minimum Gasteiger partial charge on any atom is -0.330 e. The van der Waals surface area contributed by atoms with Gasteiger partial charge < -0.3 is 5.73 Å². The third-order valence-corrected chi connectivity index (χ3v) is 5.56. The van der Waals surface area contributed by atoms with Crippen LogP contribution >= 0.6 is 0 Å². The van der Waals surface area contributed by atoms with Gasteiger partial charge in [-0.3, -0.25) is 0 Å². The highest BCUT2D eigenvalue weighted by Gasteiger charge is 2.36. The van der Waals surface area contributed by atoms with Gasteiger partial charge in [-0.1, -0.05) is 12.5 Å². The summed E-state index contributed by atoms with van der Waals surface area (Å²) in [4.78, 5) is -0.857.